The van der Waals surface area contributed by atoms with Crippen molar-refractivity contribution < 1.29 is 19.2 Å². The highest BCUT2D eigenvalue weighted by Gasteiger charge is 2.31. The molecule has 1 unspecified atom stereocenters. The van der Waals surface area contributed by atoms with E-state index < -0.39 is 23.6 Å². The van der Waals surface area contributed by atoms with Crippen molar-refractivity contribution in [1.82, 2.24) is 5.32 Å². The number of esters is 1. The summed E-state index contributed by atoms with van der Waals surface area (Å²) in [5.74, 6) is 3.46. The minimum absolute atomic E-state index is 0.390. The standard InChI is InChI=1S/C9H18N2O4/c1-5-11-7(12)6(15-10)8(13)14-9(2,3)4/h6H,5,10H2,1-4H3,(H,11,12). The fourth-order valence-electron chi connectivity index (χ4n) is 0.847. The van der Waals surface area contributed by atoms with E-state index in [1.165, 1.54) is 0 Å². The van der Waals surface area contributed by atoms with Gasteiger partial charge in [-0.25, -0.2) is 10.7 Å². The molecule has 3 N–H and O–H groups in total. The molecule has 0 fully saturated rings. The number of carbonyl (C=O) groups is 2. The average molecular weight is 218 g/mol. The second-order valence-corrected chi connectivity index (χ2v) is 3.94. The monoisotopic (exact) mass is 218 g/mol. The van der Waals surface area contributed by atoms with E-state index in [2.05, 4.69) is 10.2 Å². The molecule has 6 heteroatoms. The molecule has 6 nitrogen and oxygen atoms in total. The van der Waals surface area contributed by atoms with E-state index >= 15 is 0 Å². The Morgan fingerprint density at radius 1 is 1.40 bits per heavy atom. The lowest BCUT2D eigenvalue weighted by atomic mass is 10.2. The number of hydrogen-bond donors (Lipinski definition) is 2. The smallest absolute Gasteiger partial charge is 0.347 e. The molecule has 0 saturated carbocycles. The van der Waals surface area contributed by atoms with Crippen molar-refractivity contribution in [3.05, 3.63) is 0 Å². The average Bonchev–Trinajstić information content (AvgIpc) is 2.02. The Hall–Kier alpha value is -1.14. The Bertz CT molecular complexity index is 235. The summed E-state index contributed by atoms with van der Waals surface area (Å²) >= 11 is 0. The first-order chi connectivity index (χ1) is 6.81. The second kappa shape index (κ2) is 5.67. The van der Waals surface area contributed by atoms with E-state index in [1.54, 1.807) is 27.7 Å². The van der Waals surface area contributed by atoms with Gasteiger partial charge in [-0.2, -0.15) is 0 Å². The third-order valence-electron chi connectivity index (χ3n) is 1.35. The van der Waals surface area contributed by atoms with Crippen LogP contribution in [0.25, 0.3) is 0 Å². The Kier molecular flexibility index (Phi) is 5.24. The molecule has 1 amide bonds. The zero-order valence-corrected chi connectivity index (χ0v) is 9.49. The summed E-state index contributed by atoms with van der Waals surface area (Å²) in [5, 5.41) is 2.42. The molecule has 0 bridgehead atoms. The normalized spacial score (nSPS) is 13.1. The molecule has 0 aromatic carbocycles. The van der Waals surface area contributed by atoms with Crippen LogP contribution in [0.15, 0.2) is 0 Å². The Balaban J connectivity index is 4.41. The van der Waals surface area contributed by atoms with Gasteiger partial charge in [-0.15, -0.1) is 0 Å². The maximum absolute atomic E-state index is 11.4. The van der Waals surface area contributed by atoms with E-state index in [4.69, 9.17) is 10.6 Å². The molecule has 0 heterocycles. The molecular weight excluding hydrogens is 200 g/mol. The molecule has 0 aromatic rings. The number of ether oxygens (including phenoxy) is 1. The van der Waals surface area contributed by atoms with Gasteiger partial charge in [0.05, 0.1) is 0 Å². The summed E-state index contributed by atoms with van der Waals surface area (Å²) in [6, 6.07) is 0. The Morgan fingerprint density at radius 3 is 2.27 bits per heavy atom. The van der Waals surface area contributed by atoms with Crippen LogP contribution >= 0.6 is 0 Å². The summed E-state index contributed by atoms with van der Waals surface area (Å²) in [5.41, 5.74) is -0.680. The fourth-order valence-corrected chi connectivity index (χ4v) is 0.847. The minimum Gasteiger partial charge on any atom is -0.458 e. The van der Waals surface area contributed by atoms with Crippen LogP contribution in [0.2, 0.25) is 0 Å². The maximum Gasteiger partial charge on any atom is 0.347 e. The molecule has 1 atom stereocenters. The molecule has 0 radical (unpaired) electrons. The van der Waals surface area contributed by atoms with Gasteiger partial charge in [0.1, 0.15) is 5.60 Å². The predicted molar refractivity (Wildman–Crippen MR) is 53.6 cm³/mol. The van der Waals surface area contributed by atoms with E-state index in [0.29, 0.717) is 6.54 Å². The van der Waals surface area contributed by atoms with E-state index in [9.17, 15) is 9.59 Å². The molecule has 0 aliphatic rings. The highest BCUT2D eigenvalue weighted by atomic mass is 16.7. The lowest BCUT2D eigenvalue weighted by Gasteiger charge is -2.22. The molecular formula is C9H18N2O4. The summed E-state index contributed by atoms with van der Waals surface area (Å²) in [7, 11) is 0. The van der Waals surface area contributed by atoms with Crippen molar-refractivity contribution >= 4 is 11.9 Å². The molecule has 0 aliphatic carbocycles. The zero-order valence-electron chi connectivity index (χ0n) is 9.49. The van der Waals surface area contributed by atoms with Gasteiger partial charge in [0.15, 0.2) is 0 Å². The molecule has 0 spiro atoms. The quantitative estimate of drug-likeness (QED) is 0.385. The molecule has 0 aromatic heterocycles. The number of carbonyl (C=O) groups excluding carboxylic acids is 2. The van der Waals surface area contributed by atoms with Crippen molar-refractivity contribution in [1.29, 1.82) is 0 Å². The van der Waals surface area contributed by atoms with Crippen LogP contribution in [-0.2, 0) is 19.2 Å². The maximum atomic E-state index is 11.4. The Labute approximate surface area is 89.1 Å². The number of nitrogens with two attached hydrogens (primary N) is 1. The van der Waals surface area contributed by atoms with Gasteiger partial charge in [-0.05, 0) is 27.7 Å². The SMILES string of the molecule is CCNC(=O)C(ON)C(=O)OC(C)(C)C. The molecule has 0 rings (SSSR count). The van der Waals surface area contributed by atoms with Gasteiger partial charge < -0.3 is 10.1 Å². The number of amides is 1. The largest absolute Gasteiger partial charge is 0.458 e. The lowest BCUT2D eigenvalue weighted by molar-refractivity contribution is -0.172. The molecule has 15 heavy (non-hydrogen) atoms. The third-order valence-corrected chi connectivity index (χ3v) is 1.35. The molecule has 0 saturated heterocycles. The van der Waals surface area contributed by atoms with Crippen molar-refractivity contribution in [3.8, 4) is 0 Å². The van der Waals surface area contributed by atoms with Gasteiger partial charge in [0.25, 0.3) is 12.0 Å². The lowest BCUT2D eigenvalue weighted by Crippen LogP contribution is -2.45. The minimum atomic E-state index is -1.41. The predicted octanol–water partition coefficient (Wildman–Crippen LogP) is -0.277. The summed E-state index contributed by atoms with van der Waals surface area (Å²) in [6.07, 6.45) is -1.41. The van der Waals surface area contributed by atoms with Crippen molar-refractivity contribution in [2.75, 3.05) is 6.54 Å². The zero-order chi connectivity index (χ0) is 12.1. The van der Waals surface area contributed by atoms with Crippen molar-refractivity contribution in [2.45, 2.75) is 39.4 Å². The van der Waals surface area contributed by atoms with Crippen LogP contribution in [0.1, 0.15) is 27.7 Å². The summed E-state index contributed by atoms with van der Waals surface area (Å²) < 4.78 is 4.95. The molecule has 88 valence electrons. The third kappa shape index (κ3) is 5.34. The Morgan fingerprint density at radius 2 is 1.93 bits per heavy atom. The summed E-state index contributed by atoms with van der Waals surface area (Å²) in [4.78, 5) is 27.0. The first-order valence-electron chi connectivity index (χ1n) is 4.68. The first kappa shape index (κ1) is 13.9. The van der Waals surface area contributed by atoms with Gasteiger partial charge in [-0.3, -0.25) is 9.63 Å². The highest BCUT2D eigenvalue weighted by molar-refractivity contribution is 6.00. The van der Waals surface area contributed by atoms with Crippen molar-refractivity contribution in [2.24, 2.45) is 5.90 Å². The van der Waals surface area contributed by atoms with Crippen LogP contribution in [0, 0.1) is 0 Å². The van der Waals surface area contributed by atoms with Crippen LogP contribution in [0.5, 0.6) is 0 Å². The van der Waals surface area contributed by atoms with E-state index in [0.717, 1.165) is 0 Å². The number of nitrogens with one attached hydrogen (secondary N) is 1. The first-order valence-corrected chi connectivity index (χ1v) is 4.68. The topological polar surface area (TPSA) is 90.6 Å². The summed E-state index contributed by atoms with van der Waals surface area (Å²) in [6.45, 7) is 7.19. The van der Waals surface area contributed by atoms with Gasteiger partial charge >= 0.3 is 5.97 Å². The van der Waals surface area contributed by atoms with Gasteiger partial charge in [-0.1, -0.05) is 0 Å². The van der Waals surface area contributed by atoms with Gasteiger partial charge in [0, 0.05) is 6.54 Å². The van der Waals surface area contributed by atoms with Crippen LogP contribution in [0.4, 0.5) is 0 Å². The van der Waals surface area contributed by atoms with Gasteiger partial charge in [0.2, 0.25) is 0 Å². The van der Waals surface area contributed by atoms with Crippen molar-refractivity contribution in [3.63, 3.8) is 0 Å². The number of rotatable bonds is 4. The fraction of sp³-hybridized carbons (Fsp3) is 0.778. The van der Waals surface area contributed by atoms with E-state index in [-0.39, 0.29) is 0 Å². The second-order valence-electron chi connectivity index (χ2n) is 3.94. The number of likely N-dealkylation sites (N-methyl/N-ethyl adjacent to an activating group) is 1. The highest BCUT2D eigenvalue weighted by Crippen LogP contribution is 2.09. The van der Waals surface area contributed by atoms with Crippen LogP contribution in [-0.4, -0.2) is 30.1 Å². The van der Waals surface area contributed by atoms with Crippen LogP contribution in [0.3, 0.4) is 0 Å². The van der Waals surface area contributed by atoms with Crippen LogP contribution < -0.4 is 11.2 Å². The number of hydrogen-bond acceptors (Lipinski definition) is 5. The molecule has 0 aliphatic heterocycles. The van der Waals surface area contributed by atoms with E-state index in [1.807, 2.05) is 0 Å².